The highest BCUT2D eigenvalue weighted by molar-refractivity contribution is 7.24. The van der Waals surface area contributed by atoms with E-state index in [0.717, 1.165) is 168 Å². The Morgan fingerprint density at radius 1 is 0.321 bits per heavy atom. The number of halogens is 1. The van der Waals surface area contributed by atoms with Gasteiger partial charge in [0.1, 0.15) is 48.3 Å². The number of imidazole rings is 4. The van der Waals surface area contributed by atoms with E-state index >= 15 is 0 Å². The fraction of sp³-hybridized carbons (Fsp3) is 0.170. The van der Waals surface area contributed by atoms with Gasteiger partial charge in [0.25, 0.3) is 0 Å². The maximum atomic E-state index is 9.30. The number of rotatable bonds is 29. The van der Waals surface area contributed by atoms with E-state index in [1.165, 1.54) is 0 Å². The zero-order chi connectivity index (χ0) is 90.1. The number of aryl methyl sites for hydroxylation is 4. The van der Waals surface area contributed by atoms with Crippen molar-refractivity contribution >= 4 is 121 Å². The Labute approximate surface area is 777 Å². The van der Waals surface area contributed by atoms with E-state index in [-0.39, 0.29) is 6.61 Å². The number of methoxy groups -OCH3 is 4. The Hall–Kier alpha value is -14.2. The number of nitrogens with one attached hydrogen (secondary N) is 4. The number of anilines is 4. The van der Waals surface area contributed by atoms with Crippen molar-refractivity contribution in [3.63, 3.8) is 0 Å². The lowest BCUT2D eigenvalue weighted by Gasteiger charge is -2.12. The van der Waals surface area contributed by atoms with Crippen molar-refractivity contribution in [1.82, 2.24) is 83.1 Å². The van der Waals surface area contributed by atoms with Crippen molar-refractivity contribution in [1.29, 1.82) is 0 Å². The maximum Gasteiger partial charge on any atom is 0.199 e. The predicted octanol–water partition coefficient (Wildman–Crippen LogP) is 21.7. The summed E-state index contributed by atoms with van der Waals surface area (Å²) in [6.07, 6.45) is 17.0. The van der Waals surface area contributed by atoms with Gasteiger partial charge in [0.05, 0.1) is 54.2 Å². The molecule has 31 heteroatoms. The molecule has 0 radical (unpaired) electrons. The van der Waals surface area contributed by atoms with E-state index in [0.29, 0.717) is 92.4 Å². The summed E-state index contributed by atoms with van der Waals surface area (Å²) in [6.45, 7) is 4.29. The van der Waals surface area contributed by atoms with Crippen molar-refractivity contribution in [2.45, 2.75) is 6.42 Å². The molecule has 0 aliphatic carbocycles. The number of ether oxygens (including phenoxy) is 4. The van der Waals surface area contributed by atoms with Crippen LogP contribution >= 0.6 is 56.9 Å². The first-order valence-corrected chi connectivity index (χ1v) is 45.9. The van der Waals surface area contributed by atoms with Gasteiger partial charge in [-0.2, -0.15) is 0 Å². The van der Waals surface area contributed by atoms with Crippen LogP contribution in [0.4, 0.5) is 23.3 Å². The number of thiophene rings is 4. The molecule has 13 aromatic heterocycles. The number of aromatic nitrogens is 17. The number of pyridine rings is 1. The lowest BCUT2D eigenvalue weighted by atomic mass is 9.99. The SMILES string of the molecule is COCCNc1nc(-c2nccn2C)nc2sc(-c3ccccc3)c(-c3ccc(OC)cc3)c12.COCCNc1nc(-c2nccn2C)nc2sc(-c3ccccc3)c(-c3ccccc3Cl)c12.COCCNc1nc(-c2nccn2C)nc2sc(-c3ccccc3)c(-c3ccccn3)c12.Cn1ccnc1-c1nc(NCCCO)c2c(-c3ccccc3)c(-c3ccccc3)sc2n1. The second-order valence-corrected chi connectivity index (χ2v) is 34.4. The minimum atomic E-state index is 0.123. The fourth-order valence-corrected chi connectivity index (χ4v) is 20.1. The Kier molecular flexibility index (Phi) is 28.4. The van der Waals surface area contributed by atoms with Crippen molar-refractivity contribution in [2.75, 3.05) is 102 Å². The molecule has 0 bridgehead atoms. The molecule has 13 heterocycles. The van der Waals surface area contributed by atoms with Gasteiger partial charge in [-0.1, -0.05) is 200 Å². The van der Waals surface area contributed by atoms with Gasteiger partial charge in [0, 0.05) is 190 Å². The van der Waals surface area contributed by atoms with Crippen LogP contribution in [0.5, 0.6) is 5.75 Å². The Bertz CT molecular complexity index is 7030. The van der Waals surface area contributed by atoms with Crippen LogP contribution in [0.15, 0.2) is 274 Å². The quantitative estimate of drug-likeness (QED) is 0.0272. The van der Waals surface area contributed by atoms with Gasteiger partial charge in [0.2, 0.25) is 0 Å². The van der Waals surface area contributed by atoms with E-state index in [9.17, 15) is 5.11 Å². The smallest absolute Gasteiger partial charge is 0.199 e. The third kappa shape index (κ3) is 19.6. The zero-order valence-corrected chi connectivity index (χ0v) is 77.1. The van der Waals surface area contributed by atoms with Gasteiger partial charge in [-0.25, -0.2) is 59.8 Å². The normalized spacial score (nSPS) is 11.2. The molecule has 0 atom stereocenters. The van der Waals surface area contributed by atoms with Crippen LogP contribution in [0, 0.1) is 0 Å². The molecule has 0 unspecified atom stereocenters. The topological polar surface area (TPSA) is 293 Å². The van der Waals surface area contributed by atoms with Gasteiger partial charge in [0.15, 0.2) is 46.6 Å². The van der Waals surface area contributed by atoms with Crippen LogP contribution in [0.3, 0.4) is 0 Å². The van der Waals surface area contributed by atoms with E-state index in [1.807, 2.05) is 187 Å². The third-order valence-corrected chi connectivity index (χ3v) is 26.2. The van der Waals surface area contributed by atoms with Crippen LogP contribution in [-0.2, 0) is 42.4 Å². The summed E-state index contributed by atoms with van der Waals surface area (Å²) < 4.78 is 28.9. The number of fused-ring (bicyclic) bond motifs is 4. The molecule has 5 N–H and O–H groups in total. The summed E-state index contributed by atoms with van der Waals surface area (Å²) in [5, 5.41) is 27.7. The van der Waals surface area contributed by atoms with Crippen LogP contribution in [-0.4, -0.2) is 169 Å². The zero-order valence-electron chi connectivity index (χ0n) is 73.0. The molecule has 131 heavy (non-hydrogen) atoms. The lowest BCUT2D eigenvalue weighted by molar-refractivity contribution is 0.210. The maximum absolute atomic E-state index is 9.30. The molecule has 7 aromatic carbocycles. The number of hydrogen-bond donors (Lipinski definition) is 5. The average Bonchev–Trinajstić information content (AvgIpc) is 1.61. The lowest BCUT2D eigenvalue weighted by Crippen LogP contribution is -2.10. The molecule has 658 valence electrons. The monoisotopic (exact) mass is 1830 g/mol. The van der Waals surface area contributed by atoms with Gasteiger partial charge < -0.3 is 63.6 Å². The molecule has 0 spiro atoms. The first kappa shape index (κ1) is 88.8. The standard InChI is InChI=1S/C26H25N5O2S.C25H22ClN5OS.C25H23N5OS.C24H22N6OS/c1-31-15-13-28-25(31)24-29-23(27-14-16-32-2)21-20(17-9-11-19(33-3)12-10-17)22(34-26(21)30-24)18-7-5-4-6-8-18;1-31-14-12-28-24(31)23-29-22(27-13-15-32-2)20-19(17-10-6-7-11-18(17)26)21(33-25(20)30-23)16-8-4-3-5-9-16;1-30-15-14-27-24(30)23-28-22(26-13-8-16-31)20-19(17-9-4-2-5-10-17)21(32-25(20)29-23)18-11-6-3-7-12-18;1-30-14-12-27-23(30)22-28-21(26-13-15-31-2)19-18(17-10-6-7-11-25-17)20(32-24(19)29-22)16-8-4-3-5-9-16/h4-13,15H,14,16H2,1-3H3,(H,27,29,30);3-12,14H,13,15H2,1-2H3,(H,27,29,30);2-7,9-12,14-15,31H,8,13,16H2,1H3,(H,26,28,29);3-12,14H,13,15H2,1-2H3,(H,26,28,29). The second kappa shape index (κ2) is 41.9. The minimum absolute atomic E-state index is 0.123. The van der Waals surface area contributed by atoms with E-state index in [4.69, 9.17) is 70.4 Å². The number of nitrogens with zero attached hydrogens (tertiary/aromatic N) is 17. The van der Waals surface area contributed by atoms with Crippen molar-refractivity contribution in [3.8, 4) is 139 Å². The van der Waals surface area contributed by atoms with E-state index < -0.39 is 0 Å². The van der Waals surface area contributed by atoms with E-state index in [2.05, 4.69) is 155 Å². The first-order valence-electron chi connectivity index (χ1n) is 42.3. The average molecular weight is 1830 g/mol. The minimum Gasteiger partial charge on any atom is -0.497 e. The summed E-state index contributed by atoms with van der Waals surface area (Å²) >= 11 is 13.3. The summed E-state index contributed by atoms with van der Waals surface area (Å²) in [7, 11) is 14.5. The molecule has 0 fully saturated rings. The highest BCUT2D eigenvalue weighted by Gasteiger charge is 2.30. The van der Waals surface area contributed by atoms with Crippen molar-refractivity contribution in [3.05, 3.63) is 279 Å². The van der Waals surface area contributed by atoms with Crippen LogP contribution in [0.2, 0.25) is 5.02 Å². The van der Waals surface area contributed by atoms with Crippen molar-refractivity contribution < 1.29 is 24.1 Å². The molecule has 0 saturated carbocycles. The second-order valence-electron chi connectivity index (χ2n) is 30.0. The van der Waals surface area contributed by atoms with E-state index in [1.54, 1.807) is 98.6 Å². The Morgan fingerprint density at radius 2 is 0.634 bits per heavy atom. The van der Waals surface area contributed by atoms with Crippen LogP contribution in [0.25, 0.3) is 174 Å². The molecule has 0 aliphatic heterocycles. The summed E-state index contributed by atoms with van der Waals surface area (Å²) in [4.78, 5) is 69.9. The number of hydrogen-bond acceptors (Lipinski definition) is 26. The summed E-state index contributed by atoms with van der Waals surface area (Å²) in [6, 6.07) is 73.8. The highest BCUT2D eigenvalue weighted by Crippen LogP contribution is 2.52. The molecule has 0 saturated heterocycles. The van der Waals surface area contributed by atoms with Gasteiger partial charge in [-0.05, 0) is 70.1 Å². The van der Waals surface area contributed by atoms with Gasteiger partial charge in [-0.15, -0.1) is 45.3 Å². The Morgan fingerprint density at radius 3 is 0.962 bits per heavy atom. The van der Waals surface area contributed by atoms with Gasteiger partial charge in [-0.3, -0.25) is 4.98 Å². The number of benzene rings is 7. The highest BCUT2D eigenvalue weighted by atomic mass is 35.5. The summed E-state index contributed by atoms with van der Waals surface area (Å²) in [5.74, 6) is 9.02. The summed E-state index contributed by atoms with van der Waals surface area (Å²) in [5.41, 5.74) is 12.8. The molecule has 0 aliphatic rings. The van der Waals surface area contributed by atoms with Crippen LogP contribution in [0.1, 0.15) is 6.42 Å². The fourth-order valence-electron chi connectivity index (χ4n) is 15.1. The van der Waals surface area contributed by atoms with Gasteiger partial charge >= 0.3 is 0 Å². The molecular weight excluding hydrogens is 1740 g/mol. The molecule has 26 nitrogen and oxygen atoms in total. The largest absolute Gasteiger partial charge is 0.497 e. The third-order valence-electron chi connectivity index (χ3n) is 21.4. The van der Waals surface area contributed by atoms with Crippen LogP contribution < -0.4 is 26.0 Å². The predicted molar refractivity (Wildman–Crippen MR) is 533 cm³/mol. The Balaban J connectivity index is 0.000000122. The van der Waals surface area contributed by atoms with Crippen molar-refractivity contribution in [2.24, 2.45) is 28.2 Å². The molecular formula is C100H92ClN21O5S4. The molecule has 20 aromatic rings. The first-order chi connectivity index (χ1) is 64.4. The number of aliphatic hydroxyl groups is 1. The molecule has 20 rings (SSSR count). The molecule has 0 amide bonds. The number of aliphatic hydroxyl groups excluding tert-OH is 1.